The molecule has 1 N–H and O–H groups in total. The molecule has 1 fully saturated rings. The topological polar surface area (TPSA) is 55.8 Å². The van der Waals surface area contributed by atoms with E-state index in [0.29, 0.717) is 13.2 Å². The van der Waals surface area contributed by atoms with Gasteiger partial charge in [0.25, 0.3) is 0 Å². The van der Waals surface area contributed by atoms with Gasteiger partial charge >= 0.3 is 7.60 Å². The summed E-state index contributed by atoms with van der Waals surface area (Å²) in [4.78, 5) is 0. The van der Waals surface area contributed by atoms with Gasteiger partial charge in [-0.05, 0) is 32.6 Å². The number of aliphatic hydroxyl groups excluding tert-OH is 1. The normalized spacial score (nSPS) is 21.0. The number of aliphatic hydroxyl groups is 1. The predicted octanol–water partition coefficient (Wildman–Crippen LogP) is 3.75. The van der Waals surface area contributed by atoms with E-state index in [1.54, 1.807) is 13.8 Å². The van der Waals surface area contributed by atoms with E-state index in [1.807, 2.05) is 0 Å². The van der Waals surface area contributed by atoms with E-state index in [4.69, 9.17) is 9.05 Å². The second-order valence-corrected chi connectivity index (χ2v) is 7.18. The van der Waals surface area contributed by atoms with Crippen molar-refractivity contribution in [3.63, 3.8) is 0 Å². The molecule has 0 heterocycles. The quantitative estimate of drug-likeness (QED) is 0.546. The minimum atomic E-state index is -3.32. The lowest BCUT2D eigenvalue weighted by molar-refractivity contribution is 0.0781. The van der Waals surface area contributed by atoms with Crippen molar-refractivity contribution in [3.8, 4) is 0 Å². The van der Waals surface area contributed by atoms with Crippen LogP contribution in [0.4, 0.5) is 0 Å². The standard InChI is InChI=1S/C14H27O4P/c1-4-13(19(16,17-5-2)18-6-3)14(15)12-10-8-7-9-11-12/h4,12-15H,1,5-11H2,2-3H3. The molecule has 2 atom stereocenters. The first kappa shape index (κ1) is 16.9. The highest BCUT2D eigenvalue weighted by molar-refractivity contribution is 7.55. The van der Waals surface area contributed by atoms with Gasteiger partial charge in [-0.2, -0.15) is 0 Å². The summed E-state index contributed by atoms with van der Waals surface area (Å²) in [5.74, 6) is 0.172. The molecule has 5 heteroatoms. The van der Waals surface area contributed by atoms with Crippen molar-refractivity contribution in [1.29, 1.82) is 0 Å². The fraction of sp³-hybridized carbons (Fsp3) is 0.857. The monoisotopic (exact) mass is 290 g/mol. The van der Waals surface area contributed by atoms with E-state index >= 15 is 0 Å². The van der Waals surface area contributed by atoms with Crippen molar-refractivity contribution in [1.82, 2.24) is 0 Å². The van der Waals surface area contributed by atoms with Gasteiger partial charge in [-0.15, -0.1) is 6.58 Å². The van der Waals surface area contributed by atoms with Crippen LogP contribution in [-0.4, -0.2) is 30.1 Å². The predicted molar refractivity (Wildman–Crippen MR) is 77.4 cm³/mol. The maximum absolute atomic E-state index is 12.8. The highest BCUT2D eigenvalue weighted by Crippen LogP contribution is 2.56. The lowest BCUT2D eigenvalue weighted by atomic mass is 9.84. The summed E-state index contributed by atoms with van der Waals surface area (Å²) in [5.41, 5.74) is -0.629. The van der Waals surface area contributed by atoms with Crippen molar-refractivity contribution in [3.05, 3.63) is 12.7 Å². The second kappa shape index (κ2) is 8.21. The van der Waals surface area contributed by atoms with Crippen molar-refractivity contribution < 1.29 is 18.7 Å². The molecule has 1 saturated carbocycles. The molecule has 1 aliphatic carbocycles. The lowest BCUT2D eigenvalue weighted by Crippen LogP contribution is -2.34. The van der Waals surface area contributed by atoms with Crippen molar-refractivity contribution >= 4 is 7.60 Å². The minimum absolute atomic E-state index is 0.172. The van der Waals surface area contributed by atoms with Crippen LogP contribution < -0.4 is 0 Å². The minimum Gasteiger partial charge on any atom is -0.392 e. The Kier molecular flexibility index (Phi) is 7.30. The fourth-order valence-electron chi connectivity index (χ4n) is 2.78. The third-order valence-electron chi connectivity index (χ3n) is 3.71. The van der Waals surface area contributed by atoms with Crippen LogP contribution in [0, 0.1) is 5.92 Å². The summed E-state index contributed by atoms with van der Waals surface area (Å²) < 4.78 is 23.4. The van der Waals surface area contributed by atoms with Crippen LogP contribution in [0.3, 0.4) is 0 Å². The van der Waals surface area contributed by atoms with Crippen LogP contribution in [0.5, 0.6) is 0 Å². The molecule has 1 aliphatic rings. The van der Waals surface area contributed by atoms with Gasteiger partial charge in [0.1, 0.15) is 5.66 Å². The summed E-state index contributed by atoms with van der Waals surface area (Å²) in [6.07, 6.45) is 6.26. The van der Waals surface area contributed by atoms with E-state index < -0.39 is 19.4 Å². The molecule has 2 unspecified atom stereocenters. The second-order valence-electron chi connectivity index (χ2n) is 4.99. The lowest BCUT2D eigenvalue weighted by Gasteiger charge is -2.33. The average molecular weight is 290 g/mol. The summed E-state index contributed by atoms with van der Waals surface area (Å²) >= 11 is 0. The van der Waals surface area contributed by atoms with Crippen molar-refractivity contribution in [2.75, 3.05) is 13.2 Å². The summed E-state index contributed by atoms with van der Waals surface area (Å²) in [6.45, 7) is 7.88. The van der Waals surface area contributed by atoms with Crippen molar-refractivity contribution in [2.45, 2.75) is 57.7 Å². The zero-order valence-corrected chi connectivity index (χ0v) is 13.0. The highest BCUT2D eigenvalue weighted by atomic mass is 31.2. The molecule has 0 aromatic heterocycles. The molecule has 19 heavy (non-hydrogen) atoms. The van der Waals surface area contributed by atoms with E-state index in [9.17, 15) is 9.67 Å². The summed E-state index contributed by atoms with van der Waals surface area (Å²) in [5, 5.41) is 10.5. The smallest absolute Gasteiger partial charge is 0.340 e. The Labute approximate surface area is 116 Å². The molecule has 1 rings (SSSR count). The molecule has 0 aliphatic heterocycles. The largest absolute Gasteiger partial charge is 0.392 e. The Hall–Kier alpha value is -0.150. The first-order valence-electron chi connectivity index (χ1n) is 7.28. The van der Waals surface area contributed by atoms with E-state index in [-0.39, 0.29) is 5.92 Å². The Balaban J connectivity index is 2.82. The Morgan fingerprint density at radius 1 is 1.26 bits per heavy atom. The number of rotatable bonds is 8. The van der Waals surface area contributed by atoms with Gasteiger partial charge in [0.2, 0.25) is 0 Å². The van der Waals surface area contributed by atoms with Gasteiger partial charge in [-0.25, -0.2) is 0 Å². The van der Waals surface area contributed by atoms with Crippen LogP contribution in [-0.2, 0) is 13.6 Å². The Morgan fingerprint density at radius 3 is 2.21 bits per heavy atom. The van der Waals surface area contributed by atoms with Gasteiger partial charge in [-0.1, -0.05) is 25.3 Å². The fourth-order valence-corrected chi connectivity index (χ4v) is 4.79. The summed E-state index contributed by atoms with van der Waals surface area (Å²) in [7, 11) is -3.32. The number of hydrogen-bond donors (Lipinski definition) is 1. The molecule has 0 saturated heterocycles. The molecule has 0 spiro atoms. The zero-order chi connectivity index (χ0) is 14.3. The van der Waals surface area contributed by atoms with Crippen LogP contribution in [0.1, 0.15) is 46.0 Å². The molecular weight excluding hydrogens is 263 g/mol. The van der Waals surface area contributed by atoms with E-state index in [2.05, 4.69) is 6.58 Å². The van der Waals surface area contributed by atoms with Gasteiger partial charge in [0.15, 0.2) is 0 Å². The Morgan fingerprint density at radius 2 is 1.79 bits per heavy atom. The molecule has 0 amide bonds. The molecule has 0 aromatic carbocycles. The summed E-state index contributed by atoms with van der Waals surface area (Å²) in [6, 6.07) is 0. The van der Waals surface area contributed by atoms with Crippen molar-refractivity contribution in [2.24, 2.45) is 5.92 Å². The first-order valence-corrected chi connectivity index (χ1v) is 8.89. The number of hydrogen-bond acceptors (Lipinski definition) is 4. The zero-order valence-electron chi connectivity index (χ0n) is 12.1. The molecule has 0 aromatic rings. The van der Waals surface area contributed by atoms with E-state index in [0.717, 1.165) is 25.7 Å². The molecule has 0 radical (unpaired) electrons. The van der Waals surface area contributed by atoms with Gasteiger partial charge in [-0.3, -0.25) is 4.57 Å². The maximum Gasteiger partial charge on any atom is 0.340 e. The average Bonchev–Trinajstić information content (AvgIpc) is 2.40. The van der Waals surface area contributed by atoms with Gasteiger partial charge in [0.05, 0.1) is 19.3 Å². The highest BCUT2D eigenvalue weighted by Gasteiger charge is 2.41. The molecule has 0 bridgehead atoms. The molecule has 112 valence electrons. The van der Waals surface area contributed by atoms with Crippen LogP contribution in [0.25, 0.3) is 0 Å². The first-order chi connectivity index (χ1) is 9.09. The third kappa shape index (κ3) is 4.42. The van der Waals surface area contributed by atoms with Gasteiger partial charge in [0, 0.05) is 0 Å². The molecular formula is C14H27O4P. The maximum atomic E-state index is 12.8. The Bertz CT molecular complexity index is 303. The van der Waals surface area contributed by atoms with Crippen LogP contribution in [0.2, 0.25) is 0 Å². The van der Waals surface area contributed by atoms with E-state index in [1.165, 1.54) is 12.5 Å². The van der Waals surface area contributed by atoms with Gasteiger partial charge < -0.3 is 14.2 Å². The van der Waals surface area contributed by atoms with Crippen LogP contribution >= 0.6 is 7.60 Å². The molecule has 4 nitrogen and oxygen atoms in total. The third-order valence-corrected chi connectivity index (χ3v) is 6.19. The SMILES string of the molecule is C=CC(C(O)C1CCCCC1)P(=O)(OCC)OCC. The van der Waals surface area contributed by atoms with Crippen LogP contribution in [0.15, 0.2) is 12.7 Å².